The van der Waals surface area contributed by atoms with Crippen LogP contribution >= 0.6 is 7.26 Å². The van der Waals surface area contributed by atoms with Crippen molar-refractivity contribution in [3.05, 3.63) is 330 Å². The SMILES string of the molecule is C.C.C.COC(=O)C(=O)c1[c-]c2ccccc2nc1C.COC(=O)[C@@H](O)c1[c-]c2ccccc2nc1C.COC(=O)[C@@H](O)c1c(C)nc2ccccc2c1-c1ccc2c3c(ccnc13)CCO2.COc1cccc(C)c1-c1cccc2c1[C@H]([P+](C)(C)C)CO2.Cc1[c-]c2ccccc2nc1C.Cc1[nH]c2ccccc2c(=O)c1C.Cc1cc(=O)c2ccccc2[nH]1.F.[2HH].[B].[Y].[Y].[Y]. The van der Waals surface area contributed by atoms with E-state index >= 15 is 0 Å². The molecule has 672 valence electrons. The van der Waals surface area contributed by atoms with Crippen molar-refractivity contribution in [2.45, 2.75) is 109 Å². The number of hydrogen-bond donors (Lipinski definition) is 4. The van der Waals surface area contributed by atoms with Gasteiger partial charge in [-0.25, -0.2) is 9.59 Å². The zero-order chi connectivity index (χ0) is 88.1. The Morgan fingerprint density at radius 1 is 0.527 bits per heavy atom. The number of ether oxygens (including phenoxy) is 6. The number of ketones is 1. The fourth-order valence-electron chi connectivity index (χ4n) is 14.8. The number of para-hydroxylation sites is 6. The second-order valence-electron chi connectivity index (χ2n) is 30.4. The van der Waals surface area contributed by atoms with Crippen molar-refractivity contribution < 1.29 is 162 Å². The Morgan fingerprint density at radius 2 is 1.05 bits per heavy atom. The van der Waals surface area contributed by atoms with Crippen LogP contribution in [0.2, 0.25) is 0 Å². The average molecular weight is 2010 g/mol. The van der Waals surface area contributed by atoms with Crippen molar-refractivity contribution in [3.8, 4) is 39.5 Å². The number of hydrogen-bond acceptors (Lipinski definition) is 19. The van der Waals surface area contributed by atoms with Crippen LogP contribution in [0.4, 0.5) is 4.70 Å². The minimum atomic E-state index is -1.45. The maximum atomic E-state index is 12.3. The molecule has 3 atom stereocenters. The van der Waals surface area contributed by atoms with Gasteiger partial charge < -0.3 is 68.3 Å². The predicted molar refractivity (Wildman–Crippen MR) is 517 cm³/mol. The van der Waals surface area contributed by atoms with Gasteiger partial charge >= 0.3 is 17.9 Å². The molecular weight excluding hydrogens is 1900 g/mol. The van der Waals surface area contributed by atoms with Crippen LogP contribution < -0.4 is 25.1 Å². The number of nitrogens with one attached hydrogen (secondary N) is 2. The minimum absolute atomic E-state index is 0. The molecule has 0 bridgehead atoms. The number of pyridine rings is 7. The van der Waals surface area contributed by atoms with Gasteiger partial charge in [0.25, 0.3) is 0 Å². The molecule has 9 heterocycles. The van der Waals surface area contributed by atoms with Crippen LogP contribution in [0.25, 0.3) is 98.6 Å². The van der Waals surface area contributed by atoms with Gasteiger partial charge in [0.05, 0.1) is 46.1 Å². The Hall–Kier alpha value is -10.4. The molecule has 131 heavy (non-hydrogen) atoms. The molecule has 2 aliphatic heterocycles. The van der Waals surface area contributed by atoms with E-state index in [4.69, 9.17) is 18.9 Å². The second kappa shape index (κ2) is 51.0. The summed E-state index contributed by atoms with van der Waals surface area (Å²) in [7, 11) is 4.36. The molecule has 9 aromatic carbocycles. The Balaban J connectivity index is 0.000000402. The van der Waals surface area contributed by atoms with Gasteiger partial charge in [0, 0.05) is 237 Å². The van der Waals surface area contributed by atoms with Gasteiger partial charge in [-0.05, 0) is 151 Å². The summed E-state index contributed by atoms with van der Waals surface area (Å²) in [5.41, 5.74) is 21.9. The largest absolute Gasteiger partial charge is 0.496 e. The van der Waals surface area contributed by atoms with Gasteiger partial charge in [0.15, 0.2) is 23.1 Å². The average Bonchev–Trinajstić information content (AvgIpc) is 0.824. The second-order valence-corrected chi connectivity index (χ2v) is 35.3. The van der Waals surface area contributed by atoms with E-state index in [-0.39, 0.29) is 151 Å². The van der Waals surface area contributed by atoms with Crippen LogP contribution in [0.1, 0.15) is 125 Å². The third-order valence-electron chi connectivity index (χ3n) is 21.4. The Labute approximate surface area is 844 Å². The van der Waals surface area contributed by atoms with E-state index in [1.165, 1.54) is 49.1 Å². The first-order chi connectivity index (χ1) is 59.0. The van der Waals surface area contributed by atoms with E-state index < -0.39 is 43.2 Å². The van der Waals surface area contributed by atoms with Crippen molar-refractivity contribution >= 4 is 116 Å². The van der Waals surface area contributed by atoms with E-state index in [1.54, 1.807) is 46.2 Å². The number of benzene rings is 9. The predicted octanol–water partition coefficient (Wildman–Crippen LogP) is 20.7. The van der Waals surface area contributed by atoms with Crippen LogP contribution in [0.5, 0.6) is 17.2 Å². The molecule has 16 aromatic rings. The summed E-state index contributed by atoms with van der Waals surface area (Å²) in [6.45, 7) is 25.6. The molecule has 0 saturated carbocycles. The molecule has 18 rings (SSSR count). The molecule has 2 aliphatic rings. The number of halogens is 1. The summed E-state index contributed by atoms with van der Waals surface area (Å²) < 4.78 is 31.2. The third kappa shape index (κ3) is 26.1. The van der Waals surface area contributed by atoms with Gasteiger partial charge in [-0.3, -0.25) is 29.1 Å². The van der Waals surface area contributed by atoms with Crippen molar-refractivity contribution in [2.24, 2.45) is 0 Å². The van der Waals surface area contributed by atoms with Crippen molar-refractivity contribution in [2.75, 3.05) is 61.6 Å². The Kier molecular flexibility index (Phi) is 44.0. The summed E-state index contributed by atoms with van der Waals surface area (Å²) >= 11 is 0. The quantitative estimate of drug-likeness (QED) is 0.0188. The van der Waals surface area contributed by atoms with Crippen LogP contribution in [0.15, 0.2) is 222 Å². The van der Waals surface area contributed by atoms with Crippen LogP contribution in [-0.4, -0.2) is 139 Å². The standard InChI is InChI=1S/C24H20N2O4.C19H24O2P.C13H12NO3.C13H10NO3.C11H11NO.C11H10N.C10H9NO.3CH4.B.FH.3Y.H2/c1-13-19(23(27)24(28)29-2)21(15-5-3-4-6-17(15)26-13)16-7-8-18-20-14(10-12-30-18)9-11-25-22(16)20;1-13-8-6-10-15(20-2)18(13)14-9-7-11-16-19(14)17(12-21-16)22(3,4)5;2*1-8-10(12(15)13(16)17-2)7-9-5-3-4-6-11(9)14-8;1-7-8(2)12-10-6-4-3-5-9(10)11(7)13;1-8-7-10-5-3-4-6-11(10)12-9(8)2;1-7-6-10(12)8-4-2-3-5-9(8)11-7;;;;;;;;;/h3-9,11,23,27H,10,12H2,1-2H3;6-11,17H,12H2,1-5H3;3-6,12,15H,1-2H3;3-6H,1-2H3;3-6H,1-2H3,(H,12,13);3-6H,1-2H3;2-6H,1H3,(H,11,12);3*1H4;;1H;;;;1H/q;+1;2*-1;;-1;;;;;;;;;;/t23-;17-;12-;;;;;;;;;;;;;/m010............./s1/i;;;;;;;;;;;;;;;1+1. The maximum Gasteiger partial charge on any atom is 0.344 e. The number of H-pyrrole nitrogens is 2. The first kappa shape index (κ1) is 113. The fraction of sp³-hybridized carbons (Fsp3) is 0.240. The number of carbonyl (C=O) groups excluding carboxylic acids is 4. The van der Waals surface area contributed by atoms with E-state index in [2.05, 4.69) is 114 Å². The van der Waals surface area contributed by atoms with Gasteiger partial charge in [0.1, 0.15) is 29.5 Å². The van der Waals surface area contributed by atoms with Gasteiger partial charge in [-0.2, -0.15) is 0 Å². The third-order valence-corrected chi connectivity index (χ3v) is 23.7. The van der Waals surface area contributed by atoms with Crippen LogP contribution in [-0.2, 0) is 133 Å². The number of aromatic amines is 2. The molecule has 6 radical (unpaired) electrons. The van der Waals surface area contributed by atoms with Crippen LogP contribution in [0, 0.1) is 80.5 Å². The number of aliphatic hydroxyl groups is 2. The molecule has 0 spiro atoms. The van der Waals surface area contributed by atoms with Crippen molar-refractivity contribution in [1.82, 2.24) is 34.9 Å². The summed E-state index contributed by atoms with van der Waals surface area (Å²) in [5.74, 6) is -0.274. The van der Waals surface area contributed by atoms with E-state index in [0.717, 1.165) is 141 Å². The number of carbonyl (C=O) groups is 4. The maximum absolute atomic E-state index is 12.3. The number of nitrogens with zero attached hydrogens (tertiary/aromatic N) is 5. The number of rotatable bonds is 10. The molecule has 0 amide bonds. The number of fused-ring (bicyclic) bond motifs is 7. The molecular formula is C104H111BFN7O14PY3-2. The van der Waals surface area contributed by atoms with E-state index in [1.807, 2.05) is 204 Å². The number of Topliss-reactive ketones (excluding diaryl/α,β-unsaturated/α-hetero) is 1. The first-order valence-electron chi connectivity index (χ1n) is 39.8. The summed E-state index contributed by atoms with van der Waals surface area (Å²) in [6.07, 6.45) is -0.187. The van der Waals surface area contributed by atoms with Gasteiger partial charge in [-0.15, -0.1) is 64.9 Å². The number of aliphatic hydroxyl groups excluding tert-OH is 2. The molecule has 21 nitrogen and oxygen atoms in total. The first-order valence-corrected chi connectivity index (χ1v) is 43.0. The fourth-order valence-corrected chi connectivity index (χ4v) is 16.3. The van der Waals surface area contributed by atoms with E-state index in [9.17, 15) is 39.0 Å². The molecule has 0 fully saturated rings. The summed E-state index contributed by atoms with van der Waals surface area (Å²) in [6, 6.07) is 74.8. The Morgan fingerprint density at radius 3 is 1.66 bits per heavy atom. The smallest absolute Gasteiger partial charge is 0.344 e. The van der Waals surface area contributed by atoms with Gasteiger partial charge in [0.2, 0.25) is 5.78 Å². The van der Waals surface area contributed by atoms with Crippen molar-refractivity contribution in [1.29, 1.82) is 0 Å². The molecule has 27 heteroatoms. The van der Waals surface area contributed by atoms with Crippen molar-refractivity contribution in [3.63, 3.8) is 0 Å². The zero-order valence-electron chi connectivity index (χ0n) is 74.3. The molecule has 7 aromatic heterocycles. The topological polar surface area (TPSA) is 294 Å². The Bertz CT molecular complexity index is 6810. The number of methoxy groups -OCH3 is 4. The number of esters is 3. The van der Waals surface area contributed by atoms with Crippen LogP contribution in [0.3, 0.4) is 0 Å². The van der Waals surface area contributed by atoms with Gasteiger partial charge in [-0.1, -0.05) is 170 Å². The number of aryl methyl sites for hydroxylation is 8. The molecule has 4 N–H and O–H groups in total. The normalized spacial score (nSPS) is 11.9. The minimum Gasteiger partial charge on any atom is -0.496 e. The summed E-state index contributed by atoms with van der Waals surface area (Å²) in [5, 5.41) is 26.5. The molecule has 0 saturated heterocycles. The molecule has 0 aliphatic carbocycles. The zero-order valence-corrected chi connectivity index (χ0v) is 83.7. The summed E-state index contributed by atoms with van der Waals surface area (Å²) in [4.78, 5) is 98.2. The number of aromatic nitrogens is 7. The molecule has 0 unspecified atom stereocenters. The monoisotopic (exact) mass is 2010 g/mol. The van der Waals surface area contributed by atoms with E-state index in [0.29, 0.717) is 45.9 Å².